The summed E-state index contributed by atoms with van der Waals surface area (Å²) >= 11 is 2.21. The SMILES string of the molecule is CCC1(OC(=O)CCI)CCCC1. The molecule has 76 valence electrons. The van der Waals surface area contributed by atoms with Crippen molar-refractivity contribution < 1.29 is 9.53 Å². The van der Waals surface area contributed by atoms with Gasteiger partial charge in [-0.25, -0.2) is 0 Å². The maximum Gasteiger partial charge on any atom is 0.307 e. The molecule has 0 N–H and O–H groups in total. The molecule has 0 aromatic rings. The van der Waals surface area contributed by atoms with Crippen molar-refractivity contribution in [2.75, 3.05) is 4.43 Å². The van der Waals surface area contributed by atoms with Gasteiger partial charge in [0.15, 0.2) is 0 Å². The van der Waals surface area contributed by atoms with E-state index < -0.39 is 0 Å². The molecular formula is C10H17IO2. The molecule has 0 bridgehead atoms. The Balaban J connectivity index is 2.43. The van der Waals surface area contributed by atoms with Crippen LogP contribution in [0.25, 0.3) is 0 Å². The lowest BCUT2D eigenvalue weighted by atomic mass is 9.99. The van der Waals surface area contributed by atoms with Crippen LogP contribution in [0.1, 0.15) is 45.4 Å². The average Bonchev–Trinajstić information content (AvgIpc) is 2.54. The standard InChI is InChI=1S/C10H17IO2/c1-2-10(6-3-4-7-10)13-9(12)5-8-11/h2-8H2,1H3. The third kappa shape index (κ3) is 3.11. The predicted octanol–water partition coefficient (Wildman–Crippen LogP) is 3.08. The highest BCUT2D eigenvalue weighted by Gasteiger charge is 2.35. The van der Waals surface area contributed by atoms with Gasteiger partial charge in [-0.1, -0.05) is 29.5 Å². The zero-order chi connectivity index (χ0) is 9.73. The molecule has 3 heteroatoms. The quantitative estimate of drug-likeness (QED) is 0.453. The number of carbonyl (C=O) groups is 1. The molecule has 1 fully saturated rings. The minimum absolute atomic E-state index is 0.0156. The number of carbonyl (C=O) groups excluding carboxylic acids is 1. The summed E-state index contributed by atoms with van der Waals surface area (Å²) in [7, 11) is 0. The number of esters is 1. The number of alkyl halides is 1. The fraction of sp³-hybridized carbons (Fsp3) is 0.900. The Morgan fingerprint density at radius 3 is 2.54 bits per heavy atom. The number of hydrogen-bond acceptors (Lipinski definition) is 2. The molecule has 0 radical (unpaired) electrons. The summed E-state index contributed by atoms with van der Waals surface area (Å²) in [5.74, 6) is -0.0156. The molecule has 0 spiro atoms. The van der Waals surface area contributed by atoms with Crippen LogP contribution < -0.4 is 0 Å². The van der Waals surface area contributed by atoms with Crippen molar-refractivity contribution in [1.82, 2.24) is 0 Å². The fourth-order valence-corrected chi connectivity index (χ4v) is 2.36. The van der Waals surface area contributed by atoms with Crippen LogP contribution >= 0.6 is 22.6 Å². The average molecular weight is 296 g/mol. The van der Waals surface area contributed by atoms with Crippen LogP contribution in [0.2, 0.25) is 0 Å². The summed E-state index contributed by atoms with van der Waals surface area (Å²) in [6.07, 6.45) is 6.09. The first kappa shape index (κ1) is 11.3. The number of ether oxygens (including phenoxy) is 1. The molecule has 2 nitrogen and oxygen atoms in total. The van der Waals surface area contributed by atoms with Crippen molar-refractivity contribution >= 4 is 28.6 Å². The molecule has 0 heterocycles. The fourth-order valence-electron chi connectivity index (χ4n) is 1.92. The van der Waals surface area contributed by atoms with Crippen molar-refractivity contribution in [2.24, 2.45) is 0 Å². The molecule has 0 amide bonds. The summed E-state index contributed by atoms with van der Waals surface area (Å²) in [6, 6.07) is 0. The maximum atomic E-state index is 11.3. The highest BCUT2D eigenvalue weighted by molar-refractivity contribution is 14.1. The van der Waals surface area contributed by atoms with E-state index in [1.54, 1.807) is 0 Å². The molecule has 1 aliphatic carbocycles. The number of hydrogen-bond donors (Lipinski definition) is 0. The predicted molar refractivity (Wildman–Crippen MR) is 61.1 cm³/mol. The highest BCUT2D eigenvalue weighted by Crippen LogP contribution is 2.36. The van der Waals surface area contributed by atoms with Crippen molar-refractivity contribution in [3.8, 4) is 0 Å². The second-order valence-corrected chi connectivity index (χ2v) is 4.74. The Kier molecular flexibility index (Phi) is 4.49. The van der Waals surface area contributed by atoms with E-state index in [1.165, 1.54) is 12.8 Å². The van der Waals surface area contributed by atoms with Gasteiger partial charge in [0.05, 0.1) is 6.42 Å². The number of rotatable bonds is 4. The smallest absolute Gasteiger partial charge is 0.307 e. The Hall–Kier alpha value is 0.200. The van der Waals surface area contributed by atoms with Crippen molar-refractivity contribution in [3.05, 3.63) is 0 Å². The van der Waals surface area contributed by atoms with E-state index in [-0.39, 0.29) is 11.6 Å². The molecule has 1 rings (SSSR count). The van der Waals surface area contributed by atoms with E-state index in [0.717, 1.165) is 23.7 Å². The lowest BCUT2D eigenvalue weighted by Crippen LogP contribution is -2.31. The number of halogens is 1. The third-order valence-electron chi connectivity index (χ3n) is 2.79. The largest absolute Gasteiger partial charge is 0.459 e. The van der Waals surface area contributed by atoms with E-state index in [2.05, 4.69) is 29.5 Å². The van der Waals surface area contributed by atoms with E-state index in [9.17, 15) is 4.79 Å². The van der Waals surface area contributed by atoms with E-state index in [4.69, 9.17) is 4.74 Å². The molecule has 0 saturated heterocycles. The van der Waals surface area contributed by atoms with E-state index >= 15 is 0 Å². The molecular weight excluding hydrogens is 279 g/mol. The molecule has 0 aromatic carbocycles. The van der Waals surface area contributed by atoms with Gasteiger partial charge in [-0.05, 0) is 32.1 Å². The molecule has 0 atom stereocenters. The molecule has 13 heavy (non-hydrogen) atoms. The van der Waals surface area contributed by atoms with Crippen LogP contribution in [0, 0.1) is 0 Å². The second kappa shape index (κ2) is 5.17. The zero-order valence-electron chi connectivity index (χ0n) is 8.14. The third-order valence-corrected chi connectivity index (χ3v) is 3.33. The Morgan fingerprint density at radius 2 is 2.08 bits per heavy atom. The topological polar surface area (TPSA) is 26.3 Å². The van der Waals surface area contributed by atoms with Crippen LogP contribution in [0.4, 0.5) is 0 Å². The van der Waals surface area contributed by atoms with Crippen LogP contribution in [0.15, 0.2) is 0 Å². The zero-order valence-corrected chi connectivity index (χ0v) is 10.3. The van der Waals surface area contributed by atoms with E-state index in [0.29, 0.717) is 6.42 Å². The first-order chi connectivity index (χ1) is 6.22. The van der Waals surface area contributed by atoms with Crippen LogP contribution in [-0.4, -0.2) is 16.0 Å². The monoisotopic (exact) mass is 296 g/mol. The van der Waals surface area contributed by atoms with Gasteiger partial charge in [-0.3, -0.25) is 4.79 Å². The lowest BCUT2D eigenvalue weighted by molar-refractivity contribution is -0.159. The van der Waals surface area contributed by atoms with Gasteiger partial charge in [0.25, 0.3) is 0 Å². The van der Waals surface area contributed by atoms with Crippen LogP contribution in [0.3, 0.4) is 0 Å². The highest BCUT2D eigenvalue weighted by atomic mass is 127. The maximum absolute atomic E-state index is 11.3. The minimum atomic E-state index is -0.0944. The van der Waals surface area contributed by atoms with Crippen molar-refractivity contribution in [2.45, 2.75) is 51.0 Å². The van der Waals surface area contributed by atoms with Crippen molar-refractivity contribution in [1.29, 1.82) is 0 Å². The van der Waals surface area contributed by atoms with Crippen LogP contribution in [0.5, 0.6) is 0 Å². The molecule has 0 aromatic heterocycles. The molecule has 0 aliphatic heterocycles. The van der Waals surface area contributed by atoms with E-state index in [1.807, 2.05) is 0 Å². The summed E-state index contributed by atoms with van der Waals surface area (Å²) < 4.78 is 6.40. The van der Waals surface area contributed by atoms with Gasteiger partial charge >= 0.3 is 5.97 Å². The summed E-state index contributed by atoms with van der Waals surface area (Å²) in [4.78, 5) is 11.3. The lowest BCUT2D eigenvalue weighted by Gasteiger charge is -2.27. The normalized spacial score (nSPS) is 20.2. The summed E-state index contributed by atoms with van der Waals surface area (Å²) in [6.45, 7) is 2.11. The molecule has 1 aliphatic rings. The summed E-state index contributed by atoms with van der Waals surface area (Å²) in [5.41, 5.74) is -0.0944. The van der Waals surface area contributed by atoms with Gasteiger partial charge in [0.1, 0.15) is 5.60 Å². The second-order valence-electron chi connectivity index (χ2n) is 3.66. The Labute approximate surface area is 93.6 Å². The van der Waals surface area contributed by atoms with Crippen molar-refractivity contribution in [3.63, 3.8) is 0 Å². The first-order valence-electron chi connectivity index (χ1n) is 5.00. The molecule has 1 saturated carbocycles. The van der Waals surface area contributed by atoms with Gasteiger partial charge in [0.2, 0.25) is 0 Å². The Bertz CT molecular complexity index is 174. The van der Waals surface area contributed by atoms with Gasteiger partial charge in [0, 0.05) is 4.43 Å². The van der Waals surface area contributed by atoms with Gasteiger partial charge in [-0.15, -0.1) is 0 Å². The van der Waals surface area contributed by atoms with Gasteiger partial charge in [-0.2, -0.15) is 0 Å². The van der Waals surface area contributed by atoms with Gasteiger partial charge < -0.3 is 4.74 Å². The molecule has 0 unspecified atom stereocenters. The first-order valence-corrected chi connectivity index (χ1v) is 6.53. The minimum Gasteiger partial charge on any atom is -0.459 e. The Morgan fingerprint density at radius 1 is 1.46 bits per heavy atom. The summed E-state index contributed by atoms with van der Waals surface area (Å²) in [5, 5.41) is 0. The van der Waals surface area contributed by atoms with Crippen LogP contribution in [-0.2, 0) is 9.53 Å².